The van der Waals surface area contributed by atoms with E-state index in [9.17, 15) is 0 Å². The van der Waals surface area contributed by atoms with Crippen molar-refractivity contribution in [2.75, 3.05) is 32.8 Å². The van der Waals surface area contributed by atoms with Crippen LogP contribution >= 0.6 is 0 Å². The predicted octanol–water partition coefficient (Wildman–Crippen LogP) is 1.49. The minimum absolute atomic E-state index is 0.598. The van der Waals surface area contributed by atoms with Gasteiger partial charge in [-0.1, -0.05) is 6.92 Å². The fourth-order valence-corrected chi connectivity index (χ4v) is 3.01. The van der Waals surface area contributed by atoms with Crippen LogP contribution in [-0.4, -0.2) is 49.8 Å². The molecule has 0 aromatic carbocycles. The van der Waals surface area contributed by atoms with Gasteiger partial charge in [-0.3, -0.25) is 4.90 Å². The number of hydrogen-bond acceptors (Lipinski definition) is 3. The molecular weight excluding hydrogens is 212 g/mol. The molecule has 0 amide bonds. The maximum Gasteiger partial charge on any atom is 0.0623 e. The molecule has 1 heterocycles. The van der Waals surface area contributed by atoms with Gasteiger partial charge in [0.2, 0.25) is 0 Å². The van der Waals surface area contributed by atoms with E-state index in [1.165, 1.54) is 38.8 Å². The third-order valence-corrected chi connectivity index (χ3v) is 4.39. The average Bonchev–Trinajstić information content (AvgIpc) is 3.21. The third kappa shape index (κ3) is 3.21. The van der Waals surface area contributed by atoms with Gasteiger partial charge in [-0.25, -0.2) is 0 Å². The Morgan fingerprint density at radius 3 is 2.59 bits per heavy atom. The molecule has 1 N–H and O–H groups in total. The summed E-state index contributed by atoms with van der Waals surface area (Å²) in [5, 5.41) is 3.58. The van der Waals surface area contributed by atoms with Crippen LogP contribution in [-0.2, 0) is 4.74 Å². The fraction of sp³-hybridized carbons (Fsp3) is 1.00. The summed E-state index contributed by atoms with van der Waals surface area (Å²) in [7, 11) is 0. The van der Waals surface area contributed by atoms with Gasteiger partial charge in [-0.15, -0.1) is 0 Å². The van der Waals surface area contributed by atoms with E-state index in [0.717, 1.165) is 31.7 Å². The highest BCUT2D eigenvalue weighted by Gasteiger charge is 2.37. The summed E-state index contributed by atoms with van der Waals surface area (Å²) in [5.41, 5.74) is 0. The minimum atomic E-state index is 0.598. The second-order valence-corrected chi connectivity index (χ2v) is 6.09. The zero-order valence-electron chi connectivity index (χ0n) is 11.0. The summed E-state index contributed by atoms with van der Waals surface area (Å²) in [6.07, 6.45) is 5.82. The van der Waals surface area contributed by atoms with E-state index >= 15 is 0 Å². The Bertz CT molecular complexity index is 251. The second kappa shape index (κ2) is 5.25. The maximum atomic E-state index is 5.65. The van der Waals surface area contributed by atoms with Crippen molar-refractivity contribution < 1.29 is 4.74 Å². The van der Waals surface area contributed by atoms with Crippen molar-refractivity contribution in [2.24, 2.45) is 11.8 Å². The number of nitrogens with zero attached hydrogens (tertiary/aromatic N) is 1. The SMILES string of the molecule is CCNC1COCC1CN(CC1CC1)C1CC1. The standard InChI is InChI=1S/C14H26N2O/c1-2-15-14-10-17-9-12(14)8-16(13-5-6-13)7-11-3-4-11/h11-15H,2-10H2,1H3. The Balaban J connectivity index is 1.51. The van der Waals surface area contributed by atoms with Crippen molar-refractivity contribution in [2.45, 2.75) is 44.7 Å². The molecule has 0 aromatic heterocycles. The lowest BCUT2D eigenvalue weighted by Crippen LogP contribution is -2.43. The topological polar surface area (TPSA) is 24.5 Å². The number of rotatable bonds is 7. The summed E-state index contributed by atoms with van der Waals surface area (Å²) in [6.45, 7) is 7.76. The lowest BCUT2D eigenvalue weighted by Gasteiger charge is -2.28. The highest BCUT2D eigenvalue weighted by molar-refractivity contribution is 4.92. The summed E-state index contributed by atoms with van der Waals surface area (Å²) >= 11 is 0. The van der Waals surface area contributed by atoms with Crippen molar-refractivity contribution in [1.29, 1.82) is 0 Å². The van der Waals surface area contributed by atoms with Crippen molar-refractivity contribution in [3.8, 4) is 0 Å². The van der Waals surface area contributed by atoms with Crippen LogP contribution in [0.3, 0.4) is 0 Å². The van der Waals surface area contributed by atoms with Crippen molar-refractivity contribution in [3.05, 3.63) is 0 Å². The van der Waals surface area contributed by atoms with E-state index in [1.807, 2.05) is 0 Å². The molecule has 0 bridgehead atoms. The third-order valence-electron chi connectivity index (χ3n) is 4.39. The first-order valence-corrected chi connectivity index (χ1v) is 7.42. The van der Waals surface area contributed by atoms with Crippen LogP contribution in [0, 0.1) is 11.8 Å². The van der Waals surface area contributed by atoms with Crippen LogP contribution in [0.5, 0.6) is 0 Å². The molecule has 17 heavy (non-hydrogen) atoms. The van der Waals surface area contributed by atoms with E-state index in [-0.39, 0.29) is 0 Å². The zero-order valence-corrected chi connectivity index (χ0v) is 11.0. The van der Waals surface area contributed by atoms with E-state index in [2.05, 4.69) is 17.1 Å². The van der Waals surface area contributed by atoms with Gasteiger partial charge < -0.3 is 10.1 Å². The quantitative estimate of drug-likeness (QED) is 0.727. The van der Waals surface area contributed by atoms with Gasteiger partial charge in [0, 0.05) is 31.1 Å². The van der Waals surface area contributed by atoms with Gasteiger partial charge in [0.1, 0.15) is 0 Å². The van der Waals surface area contributed by atoms with Crippen LogP contribution < -0.4 is 5.32 Å². The number of likely N-dealkylation sites (N-methyl/N-ethyl adjacent to an activating group) is 1. The molecule has 2 unspecified atom stereocenters. The summed E-state index contributed by atoms with van der Waals surface area (Å²) in [5.74, 6) is 1.74. The molecule has 98 valence electrons. The largest absolute Gasteiger partial charge is 0.379 e. The van der Waals surface area contributed by atoms with Crippen LogP contribution in [0.25, 0.3) is 0 Å². The molecular formula is C14H26N2O. The van der Waals surface area contributed by atoms with Gasteiger partial charge in [-0.05, 0) is 38.1 Å². The maximum absolute atomic E-state index is 5.65. The fourth-order valence-electron chi connectivity index (χ4n) is 3.01. The van der Waals surface area contributed by atoms with Gasteiger partial charge >= 0.3 is 0 Å². The number of hydrogen-bond donors (Lipinski definition) is 1. The van der Waals surface area contributed by atoms with Crippen LogP contribution in [0.2, 0.25) is 0 Å². The number of nitrogens with one attached hydrogen (secondary N) is 1. The van der Waals surface area contributed by atoms with Gasteiger partial charge in [0.05, 0.1) is 13.2 Å². The Labute approximate surface area is 105 Å². The molecule has 0 aromatic rings. The summed E-state index contributed by atoms with van der Waals surface area (Å²) < 4.78 is 5.65. The van der Waals surface area contributed by atoms with Gasteiger partial charge in [0.25, 0.3) is 0 Å². The summed E-state index contributed by atoms with van der Waals surface area (Å²) in [6, 6.07) is 1.51. The van der Waals surface area contributed by atoms with Crippen LogP contribution in [0.1, 0.15) is 32.6 Å². The molecule has 0 radical (unpaired) electrons. The average molecular weight is 238 g/mol. The zero-order chi connectivity index (χ0) is 11.7. The highest BCUT2D eigenvalue weighted by atomic mass is 16.5. The van der Waals surface area contributed by atoms with E-state index in [1.54, 1.807) is 0 Å². The Morgan fingerprint density at radius 2 is 1.94 bits per heavy atom. The first-order chi connectivity index (χ1) is 8.36. The molecule has 1 saturated heterocycles. The molecule has 3 rings (SSSR count). The van der Waals surface area contributed by atoms with Gasteiger partial charge in [-0.2, -0.15) is 0 Å². The molecule has 2 aliphatic carbocycles. The van der Waals surface area contributed by atoms with E-state index in [4.69, 9.17) is 4.74 Å². The minimum Gasteiger partial charge on any atom is -0.379 e. The first-order valence-electron chi connectivity index (χ1n) is 7.42. The van der Waals surface area contributed by atoms with E-state index < -0.39 is 0 Å². The lowest BCUT2D eigenvalue weighted by molar-refractivity contribution is 0.162. The predicted molar refractivity (Wildman–Crippen MR) is 69.1 cm³/mol. The Morgan fingerprint density at radius 1 is 1.12 bits per heavy atom. The Kier molecular flexibility index (Phi) is 3.69. The first kappa shape index (κ1) is 11.9. The van der Waals surface area contributed by atoms with Crippen molar-refractivity contribution in [1.82, 2.24) is 10.2 Å². The van der Waals surface area contributed by atoms with Crippen molar-refractivity contribution in [3.63, 3.8) is 0 Å². The van der Waals surface area contributed by atoms with Crippen LogP contribution in [0.15, 0.2) is 0 Å². The molecule has 1 aliphatic heterocycles. The lowest BCUT2D eigenvalue weighted by atomic mass is 10.0. The van der Waals surface area contributed by atoms with E-state index in [0.29, 0.717) is 12.0 Å². The van der Waals surface area contributed by atoms with Gasteiger partial charge in [0.15, 0.2) is 0 Å². The molecule has 2 atom stereocenters. The van der Waals surface area contributed by atoms with Crippen LogP contribution in [0.4, 0.5) is 0 Å². The molecule has 3 heteroatoms. The van der Waals surface area contributed by atoms with Crippen molar-refractivity contribution >= 4 is 0 Å². The molecule has 3 fully saturated rings. The summed E-state index contributed by atoms with van der Waals surface area (Å²) in [4.78, 5) is 2.77. The number of ether oxygens (including phenoxy) is 1. The molecule has 3 nitrogen and oxygen atoms in total. The highest BCUT2D eigenvalue weighted by Crippen LogP contribution is 2.35. The molecule has 0 spiro atoms. The smallest absolute Gasteiger partial charge is 0.0623 e. The second-order valence-electron chi connectivity index (χ2n) is 6.09. The Hall–Kier alpha value is -0.120. The monoisotopic (exact) mass is 238 g/mol. The molecule has 2 saturated carbocycles. The normalized spacial score (nSPS) is 33.5. The molecule has 3 aliphatic rings.